The van der Waals surface area contributed by atoms with Gasteiger partial charge in [0.2, 0.25) is 0 Å². The van der Waals surface area contributed by atoms with Crippen LogP contribution < -0.4 is 14.9 Å². The monoisotopic (exact) mass is 426 g/mol. The number of fused-ring (bicyclic) bond motifs is 1. The van der Waals surface area contributed by atoms with Gasteiger partial charge < -0.3 is 14.2 Å². The van der Waals surface area contributed by atoms with Gasteiger partial charge in [-0.15, -0.1) is 0 Å². The number of nitrogens with zero attached hydrogens (tertiary/aromatic N) is 1. The van der Waals surface area contributed by atoms with Gasteiger partial charge in [-0.25, -0.2) is 10.2 Å². The molecule has 0 heterocycles. The lowest BCUT2D eigenvalue weighted by Crippen LogP contribution is -2.18. The van der Waals surface area contributed by atoms with Crippen LogP contribution in [0.25, 0.3) is 10.8 Å². The number of carbonyl (C=O) groups excluding carboxylic acids is 2. The number of hydrogen-bond acceptors (Lipinski definition) is 6. The van der Waals surface area contributed by atoms with E-state index in [1.165, 1.54) is 20.4 Å². The molecule has 1 N–H and O–H groups in total. The van der Waals surface area contributed by atoms with E-state index in [1.807, 2.05) is 36.4 Å². The molecule has 0 saturated carbocycles. The Morgan fingerprint density at radius 2 is 1.87 bits per heavy atom. The number of rotatable bonds is 7. The van der Waals surface area contributed by atoms with Gasteiger partial charge in [0.25, 0.3) is 5.91 Å². The van der Waals surface area contributed by atoms with E-state index in [4.69, 9.17) is 21.1 Å². The number of ether oxygens (including phenoxy) is 3. The summed E-state index contributed by atoms with van der Waals surface area (Å²) >= 11 is 6.24. The molecule has 0 spiro atoms. The van der Waals surface area contributed by atoms with Crippen LogP contribution in [0.2, 0.25) is 5.02 Å². The van der Waals surface area contributed by atoms with E-state index in [2.05, 4.69) is 15.3 Å². The van der Waals surface area contributed by atoms with Gasteiger partial charge in [0.05, 0.1) is 25.5 Å². The zero-order chi connectivity index (χ0) is 21.5. The molecule has 3 rings (SSSR count). The van der Waals surface area contributed by atoms with E-state index in [0.717, 1.165) is 10.8 Å². The Bertz CT molecular complexity index is 1110. The van der Waals surface area contributed by atoms with Crippen LogP contribution in [-0.2, 0) is 9.53 Å². The van der Waals surface area contributed by atoms with Gasteiger partial charge in [0, 0.05) is 5.56 Å². The van der Waals surface area contributed by atoms with Gasteiger partial charge in [-0.2, -0.15) is 5.10 Å². The molecule has 0 fully saturated rings. The number of hydrazone groups is 1. The van der Waals surface area contributed by atoms with Crippen LogP contribution in [0, 0.1) is 0 Å². The van der Waals surface area contributed by atoms with Crippen molar-refractivity contribution in [3.63, 3.8) is 0 Å². The fourth-order valence-corrected chi connectivity index (χ4v) is 3.07. The van der Waals surface area contributed by atoms with Crippen LogP contribution in [0.3, 0.4) is 0 Å². The molecule has 0 radical (unpaired) electrons. The maximum absolute atomic E-state index is 12.5. The zero-order valence-corrected chi connectivity index (χ0v) is 17.1. The third-order valence-electron chi connectivity index (χ3n) is 4.23. The van der Waals surface area contributed by atoms with Gasteiger partial charge in [-0.3, -0.25) is 4.79 Å². The zero-order valence-electron chi connectivity index (χ0n) is 16.3. The molecule has 8 heteroatoms. The standard InChI is InChI=1S/C22H19ClN2O5/c1-28-19-11-14(10-18(23)21(19)30-13-20(26)29-2)12-24-25-22(27)17-9-5-7-15-6-3-4-8-16(15)17/h3-12H,13H2,1-2H3,(H,25,27). The molecule has 0 aliphatic heterocycles. The van der Waals surface area contributed by atoms with Crippen LogP contribution in [0.15, 0.2) is 59.7 Å². The summed E-state index contributed by atoms with van der Waals surface area (Å²) in [4.78, 5) is 23.8. The van der Waals surface area contributed by atoms with E-state index in [9.17, 15) is 9.59 Å². The molecule has 0 aliphatic carbocycles. The van der Waals surface area contributed by atoms with E-state index in [0.29, 0.717) is 16.9 Å². The van der Waals surface area contributed by atoms with Crippen LogP contribution in [0.5, 0.6) is 11.5 Å². The average Bonchev–Trinajstić information content (AvgIpc) is 2.77. The molecule has 1 amide bonds. The summed E-state index contributed by atoms with van der Waals surface area (Å²) in [5.74, 6) is -0.358. The lowest BCUT2D eigenvalue weighted by molar-refractivity contribution is -0.142. The summed E-state index contributed by atoms with van der Waals surface area (Å²) in [6.45, 7) is -0.304. The minimum atomic E-state index is -0.546. The summed E-state index contributed by atoms with van der Waals surface area (Å²) in [6, 6.07) is 16.3. The molecule has 0 saturated heterocycles. The Hall–Kier alpha value is -3.58. The molecular weight excluding hydrogens is 408 g/mol. The Kier molecular flexibility index (Phi) is 6.87. The second kappa shape index (κ2) is 9.76. The number of nitrogens with one attached hydrogen (secondary N) is 1. The van der Waals surface area contributed by atoms with Gasteiger partial charge in [-0.1, -0.05) is 48.0 Å². The molecule has 0 atom stereocenters. The SMILES string of the molecule is COC(=O)COc1c(Cl)cc(C=NNC(=O)c2cccc3ccccc23)cc1OC. The van der Waals surface area contributed by atoms with Crippen molar-refractivity contribution in [1.29, 1.82) is 0 Å². The topological polar surface area (TPSA) is 86.2 Å². The highest BCUT2D eigenvalue weighted by atomic mass is 35.5. The van der Waals surface area contributed by atoms with Crippen LogP contribution in [0.4, 0.5) is 0 Å². The second-order valence-electron chi connectivity index (χ2n) is 6.12. The fraction of sp³-hybridized carbons (Fsp3) is 0.136. The summed E-state index contributed by atoms with van der Waals surface area (Å²) < 4.78 is 15.2. The first-order valence-corrected chi connectivity index (χ1v) is 9.29. The van der Waals surface area contributed by atoms with Crippen molar-refractivity contribution < 1.29 is 23.8 Å². The van der Waals surface area contributed by atoms with E-state index in [1.54, 1.807) is 18.2 Å². The summed E-state index contributed by atoms with van der Waals surface area (Å²) in [5.41, 5.74) is 3.60. The summed E-state index contributed by atoms with van der Waals surface area (Å²) in [5, 5.41) is 6.03. The van der Waals surface area contributed by atoms with Crippen molar-refractivity contribution in [3.8, 4) is 11.5 Å². The lowest BCUT2D eigenvalue weighted by Gasteiger charge is -2.12. The summed E-state index contributed by atoms with van der Waals surface area (Å²) in [7, 11) is 2.70. The fourth-order valence-electron chi connectivity index (χ4n) is 2.79. The Morgan fingerprint density at radius 1 is 1.10 bits per heavy atom. The van der Waals surface area contributed by atoms with Crippen molar-refractivity contribution in [3.05, 3.63) is 70.7 Å². The molecule has 30 heavy (non-hydrogen) atoms. The Labute approximate surface area is 178 Å². The molecule has 0 bridgehead atoms. The third-order valence-corrected chi connectivity index (χ3v) is 4.51. The number of methoxy groups -OCH3 is 2. The van der Waals surface area contributed by atoms with Gasteiger partial charge in [-0.05, 0) is 34.5 Å². The number of benzene rings is 3. The van der Waals surface area contributed by atoms with Crippen LogP contribution in [0.1, 0.15) is 15.9 Å². The van der Waals surface area contributed by atoms with Crippen LogP contribution in [-0.4, -0.2) is 38.9 Å². The van der Waals surface area contributed by atoms with Crippen molar-refractivity contribution in [2.24, 2.45) is 5.10 Å². The normalized spacial score (nSPS) is 10.8. The predicted octanol–water partition coefficient (Wildman–Crippen LogP) is 3.82. The van der Waals surface area contributed by atoms with Crippen LogP contribution >= 0.6 is 11.6 Å². The molecule has 0 unspecified atom stereocenters. The Morgan fingerprint density at radius 3 is 2.63 bits per heavy atom. The van der Waals surface area contributed by atoms with E-state index >= 15 is 0 Å². The number of halogens is 1. The minimum Gasteiger partial charge on any atom is -0.493 e. The third kappa shape index (κ3) is 4.87. The van der Waals surface area contributed by atoms with E-state index < -0.39 is 5.97 Å². The quantitative estimate of drug-likeness (QED) is 0.352. The Balaban J connectivity index is 1.75. The first kappa shape index (κ1) is 21.1. The van der Waals surface area contributed by atoms with E-state index in [-0.39, 0.29) is 23.3 Å². The minimum absolute atomic E-state index is 0.210. The highest BCUT2D eigenvalue weighted by Gasteiger charge is 2.14. The molecule has 0 aromatic heterocycles. The first-order valence-electron chi connectivity index (χ1n) is 8.91. The molecule has 7 nitrogen and oxygen atoms in total. The van der Waals surface area contributed by atoms with Crippen molar-refractivity contribution in [2.45, 2.75) is 0 Å². The number of carbonyl (C=O) groups is 2. The maximum Gasteiger partial charge on any atom is 0.343 e. The number of esters is 1. The molecule has 0 aliphatic rings. The second-order valence-corrected chi connectivity index (χ2v) is 6.53. The predicted molar refractivity (Wildman–Crippen MR) is 115 cm³/mol. The largest absolute Gasteiger partial charge is 0.493 e. The van der Waals surface area contributed by atoms with Gasteiger partial charge in [0.15, 0.2) is 18.1 Å². The lowest BCUT2D eigenvalue weighted by atomic mass is 10.0. The molecular formula is C22H19ClN2O5. The maximum atomic E-state index is 12.5. The van der Waals surface area contributed by atoms with Gasteiger partial charge >= 0.3 is 5.97 Å². The highest BCUT2D eigenvalue weighted by Crippen LogP contribution is 2.36. The van der Waals surface area contributed by atoms with Crippen molar-refractivity contribution in [2.75, 3.05) is 20.8 Å². The molecule has 3 aromatic carbocycles. The average molecular weight is 427 g/mol. The highest BCUT2D eigenvalue weighted by molar-refractivity contribution is 6.32. The first-order chi connectivity index (χ1) is 14.5. The number of amides is 1. The molecule has 3 aromatic rings. The smallest absolute Gasteiger partial charge is 0.343 e. The number of hydrogen-bond donors (Lipinski definition) is 1. The van der Waals surface area contributed by atoms with Crippen molar-refractivity contribution in [1.82, 2.24) is 5.43 Å². The van der Waals surface area contributed by atoms with Crippen molar-refractivity contribution >= 4 is 40.5 Å². The summed E-state index contributed by atoms with van der Waals surface area (Å²) in [6.07, 6.45) is 1.43. The molecule has 154 valence electrons. The van der Waals surface area contributed by atoms with Gasteiger partial charge in [0.1, 0.15) is 0 Å².